The van der Waals surface area contributed by atoms with Crippen molar-refractivity contribution in [1.82, 2.24) is 0 Å². The van der Waals surface area contributed by atoms with E-state index in [0.29, 0.717) is 17.4 Å². The summed E-state index contributed by atoms with van der Waals surface area (Å²) in [5, 5.41) is 12.1. The standard InChI is InChI=1S/C17H20Cl2O2/c1-2-13(18)5-3-4-10-21-16-9-6-12-11-14(20)7-8-15(12)17(16)19/h6-9,11,13,20H,2-5,10H2,1H3. The molecule has 1 N–H and O–H groups in total. The van der Waals surface area contributed by atoms with Crippen LogP contribution in [0, 0.1) is 0 Å². The second-order valence-electron chi connectivity index (χ2n) is 5.13. The Balaban J connectivity index is 1.93. The third kappa shape index (κ3) is 4.42. The number of phenols is 1. The summed E-state index contributed by atoms with van der Waals surface area (Å²) in [5.74, 6) is 0.923. The minimum atomic E-state index is 0.235. The maximum absolute atomic E-state index is 9.47. The van der Waals surface area contributed by atoms with Crippen LogP contribution in [0.4, 0.5) is 0 Å². The second kappa shape index (κ2) is 7.77. The molecule has 0 spiro atoms. The molecule has 0 bridgehead atoms. The molecule has 0 heterocycles. The fraction of sp³-hybridized carbons (Fsp3) is 0.412. The second-order valence-corrected chi connectivity index (χ2v) is 6.13. The number of aromatic hydroxyl groups is 1. The Morgan fingerprint density at radius 3 is 2.76 bits per heavy atom. The molecular formula is C17H20Cl2O2. The fourth-order valence-electron chi connectivity index (χ4n) is 2.22. The number of benzene rings is 2. The van der Waals surface area contributed by atoms with E-state index in [0.717, 1.165) is 36.5 Å². The van der Waals surface area contributed by atoms with Gasteiger partial charge in [-0.2, -0.15) is 0 Å². The van der Waals surface area contributed by atoms with Crippen molar-refractivity contribution >= 4 is 34.0 Å². The van der Waals surface area contributed by atoms with Crippen LogP contribution >= 0.6 is 23.2 Å². The smallest absolute Gasteiger partial charge is 0.138 e. The van der Waals surface area contributed by atoms with E-state index in [9.17, 15) is 5.11 Å². The third-order valence-electron chi connectivity index (χ3n) is 3.51. The van der Waals surface area contributed by atoms with Crippen molar-refractivity contribution in [1.29, 1.82) is 0 Å². The Hall–Kier alpha value is -1.12. The van der Waals surface area contributed by atoms with Crippen LogP contribution in [0.5, 0.6) is 11.5 Å². The van der Waals surface area contributed by atoms with Gasteiger partial charge in [0.05, 0.1) is 11.6 Å². The van der Waals surface area contributed by atoms with Gasteiger partial charge in [-0.25, -0.2) is 0 Å². The van der Waals surface area contributed by atoms with Gasteiger partial charge in [0.1, 0.15) is 11.5 Å². The van der Waals surface area contributed by atoms with Crippen molar-refractivity contribution < 1.29 is 9.84 Å². The molecule has 2 nitrogen and oxygen atoms in total. The first kappa shape index (κ1) is 16.3. The zero-order valence-corrected chi connectivity index (χ0v) is 13.6. The Morgan fingerprint density at radius 1 is 1.19 bits per heavy atom. The number of phenolic OH excluding ortho intramolecular Hbond substituents is 1. The molecular weight excluding hydrogens is 307 g/mol. The number of rotatable bonds is 7. The van der Waals surface area contributed by atoms with Crippen LogP contribution < -0.4 is 4.74 Å². The number of unbranched alkanes of at least 4 members (excludes halogenated alkanes) is 1. The molecule has 0 radical (unpaired) electrons. The maximum atomic E-state index is 9.47. The summed E-state index contributed by atoms with van der Waals surface area (Å²) < 4.78 is 5.75. The number of alkyl halides is 1. The van der Waals surface area contributed by atoms with Crippen LogP contribution in [-0.4, -0.2) is 17.1 Å². The van der Waals surface area contributed by atoms with Crippen molar-refractivity contribution in [2.45, 2.75) is 38.0 Å². The van der Waals surface area contributed by atoms with Gasteiger partial charge in [0.25, 0.3) is 0 Å². The van der Waals surface area contributed by atoms with E-state index in [1.165, 1.54) is 0 Å². The average molecular weight is 327 g/mol. The zero-order chi connectivity index (χ0) is 15.2. The monoisotopic (exact) mass is 326 g/mol. The van der Waals surface area contributed by atoms with Crippen LogP contribution in [0.15, 0.2) is 30.3 Å². The van der Waals surface area contributed by atoms with Gasteiger partial charge in [-0.1, -0.05) is 24.6 Å². The van der Waals surface area contributed by atoms with Crippen LogP contribution in [-0.2, 0) is 0 Å². The summed E-state index contributed by atoms with van der Waals surface area (Å²) in [6.07, 6.45) is 4.05. The van der Waals surface area contributed by atoms with E-state index in [4.69, 9.17) is 27.9 Å². The highest BCUT2D eigenvalue weighted by Crippen LogP contribution is 2.34. The summed E-state index contributed by atoms with van der Waals surface area (Å²) >= 11 is 12.4. The number of halogens is 2. The maximum Gasteiger partial charge on any atom is 0.138 e. The molecule has 21 heavy (non-hydrogen) atoms. The lowest BCUT2D eigenvalue weighted by molar-refractivity contribution is 0.305. The first-order valence-electron chi connectivity index (χ1n) is 7.30. The minimum Gasteiger partial charge on any atom is -0.508 e. The molecule has 0 saturated carbocycles. The molecule has 0 saturated heterocycles. The average Bonchev–Trinajstić information content (AvgIpc) is 2.48. The molecule has 0 aliphatic heterocycles. The Morgan fingerprint density at radius 2 is 2.00 bits per heavy atom. The van der Waals surface area contributed by atoms with Gasteiger partial charge in [-0.3, -0.25) is 0 Å². The van der Waals surface area contributed by atoms with Crippen molar-refractivity contribution in [3.63, 3.8) is 0 Å². The fourth-order valence-corrected chi connectivity index (χ4v) is 2.67. The van der Waals surface area contributed by atoms with Crippen LogP contribution in [0.1, 0.15) is 32.6 Å². The lowest BCUT2D eigenvalue weighted by Crippen LogP contribution is -2.01. The van der Waals surface area contributed by atoms with Gasteiger partial charge in [-0.05, 0) is 55.3 Å². The van der Waals surface area contributed by atoms with E-state index in [-0.39, 0.29) is 11.1 Å². The van der Waals surface area contributed by atoms with Crippen molar-refractivity contribution in [3.8, 4) is 11.5 Å². The predicted molar refractivity (Wildman–Crippen MR) is 89.9 cm³/mol. The molecule has 2 aromatic carbocycles. The highest BCUT2D eigenvalue weighted by atomic mass is 35.5. The quantitative estimate of drug-likeness (QED) is 0.517. The molecule has 0 aliphatic carbocycles. The molecule has 1 atom stereocenters. The summed E-state index contributed by atoms with van der Waals surface area (Å²) in [6, 6.07) is 8.88. The van der Waals surface area contributed by atoms with Crippen molar-refractivity contribution in [2.24, 2.45) is 0 Å². The number of hydrogen-bond acceptors (Lipinski definition) is 2. The van der Waals surface area contributed by atoms with Crippen LogP contribution in [0.25, 0.3) is 10.8 Å². The number of hydrogen-bond donors (Lipinski definition) is 1. The topological polar surface area (TPSA) is 29.5 Å². The molecule has 0 aliphatic rings. The van der Waals surface area contributed by atoms with Gasteiger partial charge in [0, 0.05) is 10.8 Å². The molecule has 114 valence electrons. The molecule has 0 aromatic heterocycles. The third-order valence-corrected chi connectivity index (χ3v) is 4.43. The van der Waals surface area contributed by atoms with E-state index >= 15 is 0 Å². The van der Waals surface area contributed by atoms with Crippen LogP contribution in [0.3, 0.4) is 0 Å². The lowest BCUT2D eigenvalue weighted by atomic mass is 10.1. The summed E-state index contributed by atoms with van der Waals surface area (Å²) in [7, 11) is 0. The molecule has 4 heteroatoms. The Labute approximate surface area is 135 Å². The van der Waals surface area contributed by atoms with Gasteiger partial charge in [-0.15, -0.1) is 11.6 Å². The number of ether oxygens (including phenoxy) is 1. The number of fused-ring (bicyclic) bond motifs is 1. The summed E-state index contributed by atoms with van der Waals surface area (Å²) in [4.78, 5) is 0. The van der Waals surface area contributed by atoms with E-state index in [2.05, 4.69) is 6.92 Å². The molecule has 2 aromatic rings. The van der Waals surface area contributed by atoms with E-state index < -0.39 is 0 Å². The van der Waals surface area contributed by atoms with E-state index in [1.807, 2.05) is 12.1 Å². The molecule has 2 rings (SSSR count). The molecule has 0 amide bonds. The summed E-state index contributed by atoms with van der Waals surface area (Å²) in [6.45, 7) is 2.73. The predicted octanol–water partition coefficient (Wildman–Crippen LogP) is 5.77. The Kier molecular flexibility index (Phi) is 6.01. The zero-order valence-electron chi connectivity index (χ0n) is 12.1. The highest BCUT2D eigenvalue weighted by molar-refractivity contribution is 6.37. The SMILES string of the molecule is CCC(Cl)CCCCOc1ccc2cc(O)ccc2c1Cl. The van der Waals surface area contributed by atoms with Crippen LogP contribution in [0.2, 0.25) is 5.02 Å². The van der Waals surface area contributed by atoms with Gasteiger partial charge >= 0.3 is 0 Å². The van der Waals surface area contributed by atoms with Gasteiger partial charge < -0.3 is 9.84 Å². The van der Waals surface area contributed by atoms with Crippen molar-refractivity contribution in [2.75, 3.05) is 6.61 Å². The van der Waals surface area contributed by atoms with Crippen molar-refractivity contribution in [3.05, 3.63) is 35.4 Å². The normalized spacial score (nSPS) is 12.5. The largest absolute Gasteiger partial charge is 0.508 e. The molecule has 1 unspecified atom stereocenters. The minimum absolute atomic E-state index is 0.235. The summed E-state index contributed by atoms with van der Waals surface area (Å²) in [5.41, 5.74) is 0. The highest BCUT2D eigenvalue weighted by Gasteiger charge is 2.07. The first-order valence-corrected chi connectivity index (χ1v) is 8.11. The van der Waals surface area contributed by atoms with Gasteiger partial charge in [0.15, 0.2) is 0 Å². The van der Waals surface area contributed by atoms with E-state index in [1.54, 1.807) is 18.2 Å². The molecule has 0 fully saturated rings. The Bertz CT molecular complexity index is 599. The van der Waals surface area contributed by atoms with Gasteiger partial charge in [0.2, 0.25) is 0 Å². The lowest BCUT2D eigenvalue weighted by Gasteiger charge is -2.11. The first-order chi connectivity index (χ1) is 10.1.